The average Bonchev–Trinajstić information content (AvgIpc) is 3.03. The van der Waals surface area contributed by atoms with E-state index in [4.69, 9.17) is 0 Å². The molecule has 3 rings (SSSR count). The van der Waals surface area contributed by atoms with E-state index in [0.717, 1.165) is 17.7 Å². The second-order valence-corrected chi connectivity index (χ2v) is 7.34. The third-order valence-corrected chi connectivity index (χ3v) is 6.52. The van der Waals surface area contributed by atoms with E-state index < -0.39 is 32.3 Å². The summed E-state index contributed by atoms with van der Waals surface area (Å²) in [6.07, 6.45) is 1.54. The molecule has 2 fully saturated rings. The van der Waals surface area contributed by atoms with Gasteiger partial charge in [0.2, 0.25) is 5.91 Å². The number of carbonyl (C=O) groups excluding carboxylic acids is 1. The minimum atomic E-state index is -3.47. The molecule has 1 amide bonds. The first kappa shape index (κ1) is 11.7. The summed E-state index contributed by atoms with van der Waals surface area (Å²) in [6.45, 7) is 1.52. The van der Waals surface area contributed by atoms with Gasteiger partial charge < -0.3 is 5.11 Å². The van der Waals surface area contributed by atoms with Crippen molar-refractivity contribution in [3.63, 3.8) is 0 Å². The molecule has 0 radical (unpaired) electrons. The van der Waals surface area contributed by atoms with Gasteiger partial charge in [-0.25, -0.2) is 13.2 Å². The van der Waals surface area contributed by atoms with Crippen LogP contribution in [0.3, 0.4) is 0 Å². The van der Waals surface area contributed by atoms with Gasteiger partial charge in [-0.15, -0.1) is 0 Å². The molecule has 0 bridgehead atoms. The monoisotopic (exact) mass is 271 g/mol. The number of carbonyl (C=O) groups is 2. The number of hydrogen-bond acceptors (Lipinski definition) is 4. The molecule has 98 valence electrons. The standard InChI is InChI=1S/C11H13NO5S/c1-5-9(11(14)15)12-7(13)4-8(12)18(16,17)10(5)6-2-3-6/h6,8,10H,2-4H2,1H3,(H,14,15)/t8-,10?/m1/s1. The van der Waals surface area contributed by atoms with Crippen molar-refractivity contribution in [1.29, 1.82) is 0 Å². The molecule has 1 saturated heterocycles. The number of carboxylic acid groups (broad SMARTS) is 1. The third kappa shape index (κ3) is 1.31. The van der Waals surface area contributed by atoms with E-state index in [1.165, 1.54) is 6.92 Å². The lowest BCUT2D eigenvalue weighted by atomic mass is 10.0. The number of rotatable bonds is 2. The molecule has 1 aliphatic carbocycles. The van der Waals surface area contributed by atoms with Crippen LogP contribution in [0.2, 0.25) is 0 Å². The summed E-state index contributed by atoms with van der Waals surface area (Å²) in [5, 5.41) is 7.53. The normalized spacial score (nSPS) is 34.1. The number of hydrogen-bond donors (Lipinski definition) is 1. The summed E-state index contributed by atoms with van der Waals surface area (Å²) >= 11 is 0. The Morgan fingerprint density at radius 3 is 2.44 bits per heavy atom. The van der Waals surface area contributed by atoms with E-state index in [1.807, 2.05) is 0 Å². The first-order valence-electron chi connectivity index (χ1n) is 5.84. The predicted octanol–water partition coefficient (Wildman–Crippen LogP) is 0.110. The van der Waals surface area contributed by atoms with Crippen LogP contribution in [0.25, 0.3) is 0 Å². The Balaban J connectivity index is 2.18. The van der Waals surface area contributed by atoms with Crippen LogP contribution >= 0.6 is 0 Å². The molecule has 6 nitrogen and oxygen atoms in total. The van der Waals surface area contributed by atoms with Gasteiger partial charge in [-0.3, -0.25) is 9.69 Å². The van der Waals surface area contributed by atoms with Crippen molar-refractivity contribution in [2.45, 2.75) is 36.8 Å². The van der Waals surface area contributed by atoms with Crippen LogP contribution in [0.4, 0.5) is 0 Å². The second kappa shape index (κ2) is 3.34. The van der Waals surface area contributed by atoms with E-state index in [1.54, 1.807) is 0 Å². The maximum Gasteiger partial charge on any atom is 0.352 e. The van der Waals surface area contributed by atoms with Gasteiger partial charge in [-0.1, -0.05) is 0 Å². The van der Waals surface area contributed by atoms with E-state index in [-0.39, 0.29) is 18.0 Å². The van der Waals surface area contributed by atoms with Crippen LogP contribution in [0.15, 0.2) is 11.3 Å². The summed E-state index contributed by atoms with van der Waals surface area (Å²) < 4.78 is 24.7. The van der Waals surface area contributed by atoms with Crippen molar-refractivity contribution in [1.82, 2.24) is 4.90 Å². The maximum absolute atomic E-state index is 12.4. The zero-order valence-electron chi connectivity index (χ0n) is 9.79. The quantitative estimate of drug-likeness (QED) is 0.720. The number of nitrogens with zero attached hydrogens (tertiary/aromatic N) is 1. The number of sulfone groups is 1. The molecule has 2 atom stereocenters. The van der Waals surface area contributed by atoms with Gasteiger partial charge in [-0.2, -0.15) is 0 Å². The lowest BCUT2D eigenvalue weighted by Crippen LogP contribution is -2.62. The smallest absolute Gasteiger partial charge is 0.352 e. The average molecular weight is 271 g/mol. The fourth-order valence-electron chi connectivity index (χ4n) is 2.95. The number of aliphatic carboxylic acids is 1. The number of fused-ring (bicyclic) bond motifs is 1. The first-order chi connectivity index (χ1) is 8.35. The van der Waals surface area contributed by atoms with Crippen molar-refractivity contribution in [3.8, 4) is 0 Å². The summed E-state index contributed by atoms with van der Waals surface area (Å²) in [5.41, 5.74) is 0.192. The van der Waals surface area contributed by atoms with Gasteiger partial charge in [0.25, 0.3) is 0 Å². The van der Waals surface area contributed by atoms with E-state index >= 15 is 0 Å². The topological polar surface area (TPSA) is 91.8 Å². The summed E-state index contributed by atoms with van der Waals surface area (Å²) in [6, 6.07) is 0. The number of carboxylic acids is 1. The van der Waals surface area contributed by atoms with Crippen molar-refractivity contribution in [2.75, 3.05) is 0 Å². The highest BCUT2D eigenvalue weighted by Crippen LogP contribution is 2.48. The molecule has 1 N–H and O–H groups in total. The summed E-state index contributed by atoms with van der Waals surface area (Å²) in [5.74, 6) is -1.61. The SMILES string of the molecule is CC1=C(C(=O)O)N2C(=O)C[C@H]2S(=O)(=O)C1C1CC1. The van der Waals surface area contributed by atoms with Gasteiger partial charge in [0.15, 0.2) is 9.84 Å². The molecule has 18 heavy (non-hydrogen) atoms. The van der Waals surface area contributed by atoms with Crippen LogP contribution in [0.5, 0.6) is 0 Å². The molecule has 0 aromatic rings. The molecule has 0 aromatic carbocycles. The fraction of sp³-hybridized carbons (Fsp3) is 0.636. The minimum absolute atomic E-state index is 0.0298. The van der Waals surface area contributed by atoms with E-state index in [0.29, 0.717) is 5.57 Å². The molecule has 7 heteroatoms. The molecule has 1 saturated carbocycles. The Morgan fingerprint density at radius 2 is 2.00 bits per heavy atom. The lowest BCUT2D eigenvalue weighted by Gasteiger charge is -2.46. The Bertz CT molecular complexity index is 587. The van der Waals surface area contributed by atoms with Crippen LogP contribution in [0.1, 0.15) is 26.2 Å². The van der Waals surface area contributed by atoms with Gasteiger partial charge in [-0.05, 0) is 31.3 Å². The molecular formula is C11H13NO5S. The summed E-state index contributed by atoms with van der Waals surface area (Å²) in [4.78, 5) is 23.7. The molecule has 0 spiro atoms. The molecular weight excluding hydrogens is 258 g/mol. The first-order valence-corrected chi connectivity index (χ1v) is 7.45. The largest absolute Gasteiger partial charge is 0.477 e. The van der Waals surface area contributed by atoms with Crippen molar-refractivity contribution in [3.05, 3.63) is 11.3 Å². The number of amides is 1. The summed E-state index contributed by atoms with van der Waals surface area (Å²) in [7, 11) is -3.47. The zero-order valence-corrected chi connectivity index (χ0v) is 10.6. The van der Waals surface area contributed by atoms with E-state index in [2.05, 4.69) is 0 Å². The van der Waals surface area contributed by atoms with Crippen molar-refractivity contribution >= 4 is 21.7 Å². The predicted molar refractivity (Wildman–Crippen MR) is 61.0 cm³/mol. The molecule has 3 aliphatic rings. The maximum atomic E-state index is 12.4. The molecule has 1 unspecified atom stereocenters. The Kier molecular flexibility index (Phi) is 2.17. The van der Waals surface area contributed by atoms with Crippen molar-refractivity contribution in [2.24, 2.45) is 5.92 Å². The van der Waals surface area contributed by atoms with Crippen LogP contribution in [0, 0.1) is 5.92 Å². The van der Waals surface area contributed by atoms with Gasteiger partial charge >= 0.3 is 5.97 Å². The Labute approximate surface area is 104 Å². The van der Waals surface area contributed by atoms with Crippen LogP contribution in [-0.2, 0) is 19.4 Å². The number of β-lactam (4-membered cyclic amide) rings is 1. The third-order valence-electron chi connectivity index (χ3n) is 3.93. The highest BCUT2D eigenvalue weighted by molar-refractivity contribution is 7.93. The van der Waals surface area contributed by atoms with Gasteiger partial charge in [0, 0.05) is 0 Å². The Hall–Kier alpha value is -1.37. The van der Waals surface area contributed by atoms with Gasteiger partial charge in [0.05, 0.1) is 11.7 Å². The van der Waals surface area contributed by atoms with E-state index in [9.17, 15) is 23.1 Å². The molecule has 2 aliphatic heterocycles. The fourth-order valence-corrected chi connectivity index (χ4v) is 5.60. The molecule has 0 aromatic heterocycles. The van der Waals surface area contributed by atoms with Crippen LogP contribution < -0.4 is 0 Å². The van der Waals surface area contributed by atoms with Crippen molar-refractivity contribution < 1.29 is 23.1 Å². The highest BCUT2D eigenvalue weighted by atomic mass is 32.2. The molecule has 2 heterocycles. The van der Waals surface area contributed by atoms with Crippen LogP contribution in [-0.4, -0.2) is 40.9 Å². The lowest BCUT2D eigenvalue weighted by molar-refractivity contribution is -0.146. The Morgan fingerprint density at radius 1 is 1.39 bits per heavy atom. The minimum Gasteiger partial charge on any atom is -0.477 e. The zero-order chi connectivity index (χ0) is 13.2. The second-order valence-electron chi connectivity index (χ2n) is 5.11. The highest BCUT2D eigenvalue weighted by Gasteiger charge is 2.58. The van der Waals surface area contributed by atoms with Gasteiger partial charge in [0.1, 0.15) is 11.1 Å².